The minimum absolute atomic E-state index is 0.190. The number of hydrogen-bond donors (Lipinski definition) is 2. The molecule has 0 bridgehead atoms. The van der Waals surface area contributed by atoms with Crippen molar-refractivity contribution in [3.8, 4) is 11.3 Å². The molecule has 0 aliphatic rings. The smallest absolute Gasteiger partial charge is 0.256 e. The van der Waals surface area contributed by atoms with Gasteiger partial charge in [-0.05, 0) is 24.3 Å². The molecule has 3 N–H and O–H groups in total. The lowest BCUT2D eigenvalue weighted by Crippen LogP contribution is -2.13. The summed E-state index contributed by atoms with van der Waals surface area (Å²) in [4.78, 5) is 21.1. The van der Waals surface area contributed by atoms with Crippen LogP contribution in [0, 0.1) is 0 Å². The maximum Gasteiger partial charge on any atom is 0.256 e. The predicted octanol–water partition coefficient (Wildman–Crippen LogP) is 3.23. The SMILES string of the molecule is Nc1cccc(-c2cn3c(NC(=O)c4ccccc4)cnc3cn2)c1. The van der Waals surface area contributed by atoms with E-state index in [2.05, 4.69) is 15.3 Å². The van der Waals surface area contributed by atoms with Gasteiger partial charge in [0.15, 0.2) is 5.65 Å². The number of benzene rings is 2. The molecule has 4 rings (SSSR count). The third-order valence-corrected chi connectivity index (χ3v) is 3.86. The van der Waals surface area contributed by atoms with E-state index in [1.807, 2.05) is 48.7 Å². The molecule has 6 heteroatoms. The van der Waals surface area contributed by atoms with Gasteiger partial charge in [-0.1, -0.05) is 30.3 Å². The van der Waals surface area contributed by atoms with Crippen LogP contribution in [0.2, 0.25) is 0 Å². The summed E-state index contributed by atoms with van der Waals surface area (Å²) in [6, 6.07) is 16.5. The monoisotopic (exact) mass is 329 g/mol. The molecule has 0 saturated carbocycles. The number of nitrogens with zero attached hydrogens (tertiary/aromatic N) is 3. The van der Waals surface area contributed by atoms with Crippen molar-refractivity contribution in [1.82, 2.24) is 14.4 Å². The number of nitrogen functional groups attached to an aromatic ring is 1. The van der Waals surface area contributed by atoms with Crippen LogP contribution in [-0.4, -0.2) is 20.3 Å². The average Bonchev–Trinajstić information content (AvgIpc) is 3.04. The minimum Gasteiger partial charge on any atom is -0.399 e. The quantitative estimate of drug-likeness (QED) is 0.565. The second-order valence-corrected chi connectivity index (χ2v) is 5.59. The molecule has 25 heavy (non-hydrogen) atoms. The third kappa shape index (κ3) is 2.92. The van der Waals surface area contributed by atoms with Crippen LogP contribution in [0.4, 0.5) is 11.5 Å². The van der Waals surface area contributed by atoms with Crippen LogP contribution in [0.15, 0.2) is 73.2 Å². The summed E-state index contributed by atoms with van der Waals surface area (Å²) >= 11 is 0. The summed E-state index contributed by atoms with van der Waals surface area (Å²) < 4.78 is 1.80. The topological polar surface area (TPSA) is 85.3 Å². The number of imidazole rings is 1. The number of fused-ring (bicyclic) bond motifs is 1. The number of aromatic nitrogens is 3. The first kappa shape index (κ1) is 14.9. The summed E-state index contributed by atoms with van der Waals surface area (Å²) in [6.07, 6.45) is 5.11. The Morgan fingerprint density at radius 2 is 1.84 bits per heavy atom. The first-order valence-corrected chi connectivity index (χ1v) is 7.76. The van der Waals surface area contributed by atoms with E-state index in [9.17, 15) is 4.79 Å². The van der Waals surface area contributed by atoms with E-state index < -0.39 is 0 Å². The number of hydrogen-bond acceptors (Lipinski definition) is 4. The highest BCUT2D eigenvalue weighted by atomic mass is 16.1. The maximum atomic E-state index is 12.4. The lowest BCUT2D eigenvalue weighted by Gasteiger charge is -2.07. The van der Waals surface area contributed by atoms with Crippen LogP contribution in [0.3, 0.4) is 0 Å². The summed E-state index contributed by atoms with van der Waals surface area (Å²) in [5.41, 5.74) is 9.39. The number of rotatable bonds is 3. The lowest BCUT2D eigenvalue weighted by molar-refractivity contribution is 0.102. The van der Waals surface area contributed by atoms with Gasteiger partial charge in [0.1, 0.15) is 5.82 Å². The Morgan fingerprint density at radius 1 is 1.00 bits per heavy atom. The van der Waals surface area contributed by atoms with E-state index in [1.165, 1.54) is 0 Å². The summed E-state index contributed by atoms with van der Waals surface area (Å²) in [7, 11) is 0. The molecule has 0 atom stereocenters. The predicted molar refractivity (Wildman–Crippen MR) is 97.2 cm³/mol. The van der Waals surface area contributed by atoms with E-state index in [-0.39, 0.29) is 5.91 Å². The number of amides is 1. The number of anilines is 2. The Hall–Kier alpha value is -3.67. The molecule has 0 fully saturated rings. The molecule has 6 nitrogen and oxygen atoms in total. The molecule has 2 aromatic carbocycles. The highest BCUT2D eigenvalue weighted by Gasteiger charge is 2.11. The first-order valence-electron chi connectivity index (χ1n) is 7.76. The van der Waals surface area contributed by atoms with Crippen LogP contribution < -0.4 is 11.1 Å². The number of nitrogens with one attached hydrogen (secondary N) is 1. The molecule has 4 aromatic rings. The van der Waals surface area contributed by atoms with Crippen molar-refractivity contribution in [3.63, 3.8) is 0 Å². The summed E-state index contributed by atoms with van der Waals surface area (Å²) in [5, 5.41) is 2.88. The third-order valence-electron chi connectivity index (χ3n) is 3.86. The Balaban J connectivity index is 1.71. The molecule has 0 radical (unpaired) electrons. The van der Waals surface area contributed by atoms with Crippen molar-refractivity contribution < 1.29 is 4.79 Å². The number of carbonyl (C=O) groups is 1. The van der Waals surface area contributed by atoms with Gasteiger partial charge in [-0.2, -0.15) is 0 Å². The molecule has 0 unspecified atom stereocenters. The van der Waals surface area contributed by atoms with Gasteiger partial charge in [-0.15, -0.1) is 0 Å². The van der Waals surface area contributed by atoms with Crippen molar-refractivity contribution in [2.24, 2.45) is 0 Å². The van der Waals surface area contributed by atoms with Crippen LogP contribution in [0.25, 0.3) is 16.9 Å². The molecular weight excluding hydrogens is 314 g/mol. The van der Waals surface area contributed by atoms with E-state index in [4.69, 9.17) is 5.73 Å². The van der Waals surface area contributed by atoms with Crippen molar-refractivity contribution in [2.45, 2.75) is 0 Å². The fourth-order valence-electron chi connectivity index (χ4n) is 2.61. The Labute approximate surface area is 144 Å². The normalized spacial score (nSPS) is 10.7. The molecule has 1 amide bonds. The molecular formula is C19H15N5O. The fraction of sp³-hybridized carbons (Fsp3) is 0. The minimum atomic E-state index is -0.190. The highest BCUT2D eigenvalue weighted by Crippen LogP contribution is 2.21. The molecule has 0 aliphatic heterocycles. The van der Waals surface area contributed by atoms with E-state index >= 15 is 0 Å². The fourth-order valence-corrected chi connectivity index (χ4v) is 2.61. The van der Waals surface area contributed by atoms with Gasteiger partial charge in [0.2, 0.25) is 0 Å². The van der Waals surface area contributed by atoms with E-state index in [0.717, 1.165) is 11.3 Å². The lowest BCUT2D eigenvalue weighted by atomic mass is 10.1. The van der Waals surface area contributed by atoms with Gasteiger partial charge in [-0.3, -0.25) is 14.2 Å². The van der Waals surface area contributed by atoms with Gasteiger partial charge in [0, 0.05) is 23.0 Å². The zero-order valence-corrected chi connectivity index (χ0v) is 13.3. The largest absolute Gasteiger partial charge is 0.399 e. The van der Waals surface area contributed by atoms with Crippen LogP contribution in [0.1, 0.15) is 10.4 Å². The number of carbonyl (C=O) groups excluding carboxylic acids is 1. The van der Waals surface area contributed by atoms with Crippen molar-refractivity contribution in [2.75, 3.05) is 11.1 Å². The zero-order valence-electron chi connectivity index (χ0n) is 13.3. The Morgan fingerprint density at radius 3 is 2.64 bits per heavy atom. The standard InChI is InChI=1S/C19H15N5O/c20-15-8-4-7-14(9-15)16-12-24-17(10-21-16)22-11-18(24)23-19(25)13-5-2-1-3-6-13/h1-12H,20H2,(H,23,25). The van der Waals surface area contributed by atoms with Gasteiger partial charge >= 0.3 is 0 Å². The molecule has 0 spiro atoms. The van der Waals surface area contributed by atoms with Gasteiger partial charge < -0.3 is 11.1 Å². The van der Waals surface area contributed by atoms with Crippen molar-refractivity contribution in [1.29, 1.82) is 0 Å². The van der Waals surface area contributed by atoms with Gasteiger partial charge in [-0.25, -0.2) is 4.98 Å². The second-order valence-electron chi connectivity index (χ2n) is 5.59. The van der Waals surface area contributed by atoms with E-state index in [0.29, 0.717) is 22.7 Å². The van der Waals surface area contributed by atoms with Crippen molar-refractivity contribution in [3.05, 3.63) is 78.8 Å². The Kier molecular flexibility index (Phi) is 3.63. The molecule has 0 aliphatic carbocycles. The van der Waals surface area contributed by atoms with Gasteiger partial charge in [0.05, 0.1) is 18.1 Å². The maximum absolute atomic E-state index is 12.4. The highest BCUT2D eigenvalue weighted by molar-refractivity contribution is 6.03. The molecule has 122 valence electrons. The molecule has 2 aromatic heterocycles. The first-order chi connectivity index (χ1) is 12.2. The zero-order chi connectivity index (χ0) is 17.2. The van der Waals surface area contributed by atoms with Crippen molar-refractivity contribution >= 4 is 23.1 Å². The van der Waals surface area contributed by atoms with E-state index in [1.54, 1.807) is 28.9 Å². The summed E-state index contributed by atoms with van der Waals surface area (Å²) in [5.74, 6) is 0.390. The molecule has 2 heterocycles. The number of nitrogens with two attached hydrogens (primary N) is 1. The van der Waals surface area contributed by atoms with Crippen LogP contribution in [-0.2, 0) is 0 Å². The molecule has 0 saturated heterocycles. The van der Waals surface area contributed by atoms with Crippen LogP contribution in [0.5, 0.6) is 0 Å². The van der Waals surface area contributed by atoms with Gasteiger partial charge in [0.25, 0.3) is 5.91 Å². The average molecular weight is 329 g/mol. The summed E-state index contributed by atoms with van der Waals surface area (Å²) in [6.45, 7) is 0. The van der Waals surface area contributed by atoms with Crippen LogP contribution >= 0.6 is 0 Å². The second kappa shape index (κ2) is 6.09. The Bertz CT molecular complexity index is 1060.